The molecule has 0 spiro atoms. The first kappa shape index (κ1) is 17.2. The van der Waals surface area contributed by atoms with Crippen molar-refractivity contribution in [1.82, 2.24) is 15.5 Å². The number of benzene rings is 1. The Morgan fingerprint density at radius 2 is 2.12 bits per heavy atom. The fraction of sp³-hybridized carbons (Fsp3) is 0.278. The summed E-state index contributed by atoms with van der Waals surface area (Å²) < 4.78 is 10.7. The summed E-state index contributed by atoms with van der Waals surface area (Å²) in [6, 6.07) is 11.7. The van der Waals surface area contributed by atoms with Crippen LogP contribution in [0.25, 0.3) is 10.7 Å². The Bertz CT molecular complexity index is 797. The molecule has 1 amide bonds. The van der Waals surface area contributed by atoms with E-state index in [1.165, 1.54) is 5.56 Å². The predicted octanol–water partition coefficient (Wildman–Crippen LogP) is 3.23. The molecule has 1 N–H and O–H groups in total. The van der Waals surface area contributed by atoms with E-state index in [9.17, 15) is 4.79 Å². The quantitative estimate of drug-likeness (QED) is 0.626. The number of rotatable bonds is 8. The smallest absolute Gasteiger partial charge is 0.227 e. The highest BCUT2D eigenvalue weighted by Crippen LogP contribution is 2.21. The minimum atomic E-state index is -0.0663. The number of ether oxygens (including phenoxy) is 1. The van der Waals surface area contributed by atoms with Crippen molar-refractivity contribution in [3.63, 3.8) is 0 Å². The van der Waals surface area contributed by atoms with Gasteiger partial charge >= 0.3 is 0 Å². The minimum absolute atomic E-state index is 0.0663. The average molecular weight is 357 g/mol. The Balaban J connectivity index is 1.35. The summed E-state index contributed by atoms with van der Waals surface area (Å²) in [5, 5.41) is 8.70. The molecule has 0 aliphatic rings. The maximum atomic E-state index is 11.9. The summed E-state index contributed by atoms with van der Waals surface area (Å²) in [5.74, 6) is 1.77. The number of carbonyl (C=O) groups excluding carboxylic acids is 1. The van der Waals surface area contributed by atoms with Crippen LogP contribution in [0, 0.1) is 6.92 Å². The molecule has 2 aromatic heterocycles. The summed E-state index contributed by atoms with van der Waals surface area (Å²) in [4.78, 5) is 17.1. The molecular formula is C18H19N3O3S. The van der Waals surface area contributed by atoms with Crippen LogP contribution in [0.2, 0.25) is 0 Å². The normalized spacial score (nSPS) is 10.6. The van der Waals surface area contributed by atoms with Crippen molar-refractivity contribution >= 4 is 17.2 Å². The van der Waals surface area contributed by atoms with E-state index in [2.05, 4.69) is 15.5 Å². The van der Waals surface area contributed by atoms with Crippen LogP contribution < -0.4 is 10.1 Å². The van der Waals surface area contributed by atoms with Gasteiger partial charge in [0.15, 0.2) is 0 Å². The second kappa shape index (κ2) is 8.43. The lowest BCUT2D eigenvalue weighted by molar-refractivity contribution is -0.121. The van der Waals surface area contributed by atoms with Crippen LogP contribution >= 0.6 is 11.3 Å². The van der Waals surface area contributed by atoms with Crippen LogP contribution in [-0.2, 0) is 11.2 Å². The van der Waals surface area contributed by atoms with Crippen LogP contribution in [0.4, 0.5) is 0 Å². The van der Waals surface area contributed by atoms with Gasteiger partial charge in [0, 0.05) is 12.8 Å². The maximum absolute atomic E-state index is 11.9. The van der Waals surface area contributed by atoms with Crippen molar-refractivity contribution in [3.8, 4) is 16.5 Å². The van der Waals surface area contributed by atoms with Gasteiger partial charge < -0.3 is 14.6 Å². The lowest BCUT2D eigenvalue weighted by Gasteiger charge is -2.07. The van der Waals surface area contributed by atoms with Crippen molar-refractivity contribution in [3.05, 3.63) is 53.2 Å². The monoisotopic (exact) mass is 357 g/mol. The van der Waals surface area contributed by atoms with E-state index in [0.29, 0.717) is 37.7 Å². The highest BCUT2D eigenvalue weighted by atomic mass is 32.1. The van der Waals surface area contributed by atoms with Crippen molar-refractivity contribution < 1.29 is 14.1 Å². The van der Waals surface area contributed by atoms with Crippen LogP contribution in [0.15, 0.2) is 46.3 Å². The van der Waals surface area contributed by atoms with Gasteiger partial charge in [-0.1, -0.05) is 28.9 Å². The molecular weight excluding hydrogens is 338 g/mol. The van der Waals surface area contributed by atoms with Gasteiger partial charge in [-0.25, -0.2) is 0 Å². The lowest BCUT2D eigenvalue weighted by Crippen LogP contribution is -2.28. The standard InChI is InChI=1S/C18H19N3O3S/c1-13-4-6-14(7-5-13)23-11-10-19-16(22)8-9-17-20-18(21-24-17)15-3-2-12-25-15/h2-7,12H,8-11H2,1H3,(H,19,22). The highest BCUT2D eigenvalue weighted by Gasteiger charge is 2.11. The van der Waals surface area contributed by atoms with Crippen LogP contribution in [0.1, 0.15) is 17.9 Å². The molecule has 0 bridgehead atoms. The molecule has 0 radical (unpaired) electrons. The topological polar surface area (TPSA) is 77.2 Å². The third-order valence-corrected chi connectivity index (χ3v) is 4.36. The number of hydrogen-bond donors (Lipinski definition) is 1. The maximum Gasteiger partial charge on any atom is 0.227 e. The molecule has 3 rings (SSSR count). The van der Waals surface area contributed by atoms with Gasteiger partial charge in [-0.05, 0) is 30.5 Å². The summed E-state index contributed by atoms with van der Waals surface area (Å²) in [7, 11) is 0. The third-order valence-electron chi connectivity index (χ3n) is 3.49. The van der Waals surface area contributed by atoms with Gasteiger partial charge in [-0.3, -0.25) is 4.79 Å². The molecule has 2 heterocycles. The van der Waals surface area contributed by atoms with Gasteiger partial charge in [0.1, 0.15) is 12.4 Å². The van der Waals surface area contributed by atoms with Crippen molar-refractivity contribution in [2.75, 3.05) is 13.2 Å². The zero-order chi connectivity index (χ0) is 17.5. The minimum Gasteiger partial charge on any atom is -0.492 e. The summed E-state index contributed by atoms with van der Waals surface area (Å²) in [6.45, 7) is 2.91. The summed E-state index contributed by atoms with van der Waals surface area (Å²) in [5.41, 5.74) is 1.18. The van der Waals surface area contributed by atoms with E-state index in [1.54, 1.807) is 11.3 Å². The first-order chi connectivity index (χ1) is 12.2. The average Bonchev–Trinajstić information content (AvgIpc) is 3.29. The van der Waals surface area contributed by atoms with E-state index in [-0.39, 0.29) is 5.91 Å². The number of aryl methyl sites for hydroxylation is 2. The summed E-state index contributed by atoms with van der Waals surface area (Å²) >= 11 is 1.55. The van der Waals surface area contributed by atoms with E-state index in [4.69, 9.17) is 9.26 Å². The molecule has 7 heteroatoms. The van der Waals surface area contributed by atoms with E-state index in [1.807, 2.05) is 48.7 Å². The molecule has 0 atom stereocenters. The molecule has 130 valence electrons. The summed E-state index contributed by atoms with van der Waals surface area (Å²) in [6.07, 6.45) is 0.722. The van der Waals surface area contributed by atoms with Gasteiger partial charge in [0.2, 0.25) is 17.6 Å². The first-order valence-corrected chi connectivity index (χ1v) is 8.91. The Kier molecular flexibility index (Phi) is 5.79. The number of thiophene rings is 1. The molecule has 0 aliphatic heterocycles. The van der Waals surface area contributed by atoms with E-state index in [0.717, 1.165) is 10.6 Å². The molecule has 0 fully saturated rings. The second-order valence-electron chi connectivity index (χ2n) is 5.50. The Morgan fingerprint density at radius 1 is 1.28 bits per heavy atom. The number of nitrogens with zero attached hydrogens (tertiary/aromatic N) is 2. The van der Waals surface area contributed by atoms with Crippen LogP contribution in [0.3, 0.4) is 0 Å². The number of amides is 1. The van der Waals surface area contributed by atoms with Crippen molar-refractivity contribution in [2.24, 2.45) is 0 Å². The lowest BCUT2D eigenvalue weighted by atomic mass is 10.2. The molecule has 0 saturated heterocycles. The van der Waals surface area contributed by atoms with Crippen molar-refractivity contribution in [2.45, 2.75) is 19.8 Å². The first-order valence-electron chi connectivity index (χ1n) is 8.03. The SMILES string of the molecule is Cc1ccc(OCCNC(=O)CCc2nc(-c3cccs3)no2)cc1. The largest absolute Gasteiger partial charge is 0.492 e. The molecule has 0 saturated carbocycles. The molecule has 3 aromatic rings. The van der Waals surface area contributed by atoms with Gasteiger partial charge in [0.25, 0.3) is 0 Å². The zero-order valence-corrected chi connectivity index (χ0v) is 14.7. The molecule has 1 aromatic carbocycles. The Hall–Kier alpha value is -2.67. The second-order valence-corrected chi connectivity index (χ2v) is 6.45. The Labute approximate surface area is 149 Å². The van der Waals surface area contributed by atoms with E-state index >= 15 is 0 Å². The zero-order valence-electron chi connectivity index (χ0n) is 13.9. The molecule has 0 unspecified atom stereocenters. The Morgan fingerprint density at radius 3 is 2.88 bits per heavy atom. The molecule has 0 aliphatic carbocycles. The van der Waals surface area contributed by atoms with Gasteiger partial charge in [0.05, 0.1) is 11.4 Å². The molecule has 25 heavy (non-hydrogen) atoms. The highest BCUT2D eigenvalue weighted by molar-refractivity contribution is 7.13. The third kappa shape index (κ3) is 5.15. The van der Waals surface area contributed by atoms with Crippen molar-refractivity contribution in [1.29, 1.82) is 0 Å². The van der Waals surface area contributed by atoms with Gasteiger partial charge in [-0.2, -0.15) is 4.98 Å². The predicted molar refractivity (Wildman–Crippen MR) is 95.6 cm³/mol. The van der Waals surface area contributed by atoms with Crippen LogP contribution in [-0.4, -0.2) is 29.2 Å². The number of hydrogen-bond acceptors (Lipinski definition) is 6. The number of aromatic nitrogens is 2. The fourth-order valence-corrected chi connectivity index (χ4v) is 2.81. The fourth-order valence-electron chi connectivity index (χ4n) is 2.16. The van der Waals surface area contributed by atoms with Crippen LogP contribution in [0.5, 0.6) is 5.75 Å². The number of carbonyl (C=O) groups is 1. The van der Waals surface area contributed by atoms with E-state index < -0.39 is 0 Å². The van der Waals surface area contributed by atoms with Gasteiger partial charge in [-0.15, -0.1) is 11.3 Å². The molecule has 6 nitrogen and oxygen atoms in total. The number of nitrogens with one attached hydrogen (secondary N) is 1.